The molecule has 28 heavy (non-hydrogen) atoms. The van der Waals surface area contributed by atoms with Crippen molar-refractivity contribution < 1.29 is 14.3 Å². The van der Waals surface area contributed by atoms with E-state index in [2.05, 4.69) is 15.2 Å². The highest BCUT2D eigenvalue weighted by molar-refractivity contribution is 7.99. The highest BCUT2D eigenvalue weighted by atomic mass is 35.5. The number of carbonyl (C=O) groups excluding carboxylic acids is 2. The molecule has 9 heteroatoms. The SMILES string of the molecule is COC(=O)c1c(C)[nH]c(C(=O)CSc2nnc(-c3ccc(Cl)cc3)n2C)c1C. The molecule has 0 aliphatic carbocycles. The van der Waals surface area contributed by atoms with Gasteiger partial charge in [0.25, 0.3) is 0 Å². The Bertz CT molecular complexity index is 1040. The number of hydrogen-bond donors (Lipinski definition) is 1. The van der Waals surface area contributed by atoms with Gasteiger partial charge < -0.3 is 14.3 Å². The summed E-state index contributed by atoms with van der Waals surface area (Å²) in [6.45, 7) is 3.47. The van der Waals surface area contributed by atoms with Gasteiger partial charge in [-0.3, -0.25) is 4.79 Å². The Morgan fingerprint density at radius 3 is 2.54 bits per heavy atom. The molecule has 1 N–H and O–H groups in total. The van der Waals surface area contributed by atoms with Gasteiger partial charge in [0.2, 0.25) is 0 Å². The van der Waals surface area contributed by atoms with Crippen molar-refractivity contribution in [3.05, 3.63) is 51.8 Å². The van der Waals surface area contributed by atoms with Crippen molar-refractivity contribution >= 4 is 35.1 Å². The van der Waals surface area contributed by atoms with E-state index in [1.807, 2.05) is 23.7 Å². The number of aryl methyl sites for hydroxylation is 1. The minimum Gasteiger partial charge on any atom is -0.465 e. The molecule has 7 nitrogen and oxygen atoms in total. The third-order valence-electron chi connectivity index (χ3n) is 4.38. The van der Waals surface area contributed by atoms with Crippen molar-refractivity contribution in [1.82, 2.24) is 19.7 Å². The number of aromatic nitrogens is 4. The molecule has 1 aromatic carbocycles. The third-order valence-corrected chi connectivity index (χ3v) is 5.65. The molecule has 0 amide bonds. The number of thioether (sulfide) groups is 1. The number of carbonyl (C=O) groups is 2. The Morgan fingerprint density at radius 2 is 1.89 bits per heavy atom. The van der Waals surface area contributed by atoms with E-state index in [9.17, 15) is 9.59 Å². The minimum absolute atomic E-state index is 0.128. The molecule has 2 aromatic heterocycles. The van der Waals surface area contributed by atoms with Crippen molar-refractivity contribution in [1.29, 1.82) is 0 Å². The predicted molar refractivity (Wildman–Crippen MR) is 108 cm³/mol. The Hall–Kier alpha value is -2.58. The number of benzene rings is 1. The number of ether oxygens (including phenoxy) is 1. The summed E-state index contributed by atoms with van der Waals surface area (Å²) in [7, 11) is 3.16. The monoisotopic (exact) mass is 418 g/mol. The molecule has 0 aliphatic heterocycles. The number of aromatic amines is 1. The fourth-order valence-corrected chi connectivity index (χ4v) is 3.84. The zero-order valence-corrected chi connectivity index (χ0v) is 17.4. The number of halogens is 1. The standard InChI is InChI=1S/C19H19ClN4O3S/c1-10-15(18(26)27-4)11(2)21-16(10)14(25)9-28-19-23-22-17(24(19)3)12-5-7-13(20)8-6-12/h5-8,21H,9H2,1-4H3. The zero-order chi connectivity index (χ0) is 20.4. The van der Waals surface area contributed by atoms with Crippen molar-refractivity contribution in [2.75, 3.05) is 12.9 Å². The van der Waals surface area contributed by atoms with Crippen LogP contribution in [0.5, 0.6) is 0 Å². The number of nitrogens with one attached hydrogen (secondary N) is 1. The van der Waals surface area contributed by atoms with E-state index in [1.165, 1.54) is 18.9 Å². The first-order chi connectivity index (χ1) is 13.3. The van der Waals surface area contributed by atoms with E-state index in [1.54, 1.807) is 26.0 Å². The zero-order valence-electron chi connectivity index (χ0n) is 15.9. The highest BCUT2D eigenvalue weighted by Gasteiger charge is 2.23. The van der Waals surface area contributed by atoms with Gasteiger partial charge in [0.05, 0.1) is 24.1 Å². The summed E-state index contributed by atoms with van der Waals surface area (Å²) in [4.78, 5) is 27.5. The van der Waals surface area contributed by atoms with Gasteiger partial charge in [0, 0.05) is 23.3 Å². The van der Waals surface area contributed by atoms with Crippen LogP contribution in [-0.2, 0) is 11.8 Å². The second-order valence-corrected chi connectivity index (χ2v) is 7.58. The van der Waals surface area contributed by atoms with Gasteiger partial charge in [0.1, 0.15) is 0 Å². The van der Waals surface area contributed by atoms with Gasteiger partial charge in [-0.1, -0.05) is 23.4 Å². The molecule has 0 saturated carbocycles. The molecule has 146 valence electrons. The lowest BCUT2D eigenvalue weighted by Crippen LogP contribution is -2.07. The Morgan fingerprint density at radius 1 is 1.21 bits per heavy atom. The van der Waals surface area contributed by atoms with Gasteiger partial charge in [-0.15, -0.1) is 10.2 Å². The van der Waals surface area contributed by atoms with Crippen molar-refractivity contribution in [2.24, 2.45) is 7.05 Å². The summed E-state index contributed by atoms with van der Waals surface area (Å²) >= 11 is 7.21. The van der Waals surface area contributed by atoms with Gasteiger partial charge in [-0.2, -0.15) is 0 Å². The number of H-pyrrole nitrogens is 1. The molecule has 0 saturated heterocycles. The molecule has 0 radical (unpaired) electrons. The van der Waals surface area contributed by atoms with Crippen LogP contribution >= 0.6 is 23.4 Å². The van der Waals surface area contributed by atoms with Crippen LogP contribution in [-0.4, -0.2) is 44.4 Å². The van der Waals surface area contributed by atoms with Gasteiger partial charge in [0.15, 0.2) is 16.8 Å². The first-order valence-corrected chi connectivity index (χ1v) is 9.78. The molecule has 3 aromatic rings. The number of hydrogen-bond acceptors (Lipinski definition) is 6. The molecule has 0 spiro atoms. The van der Waals surface area contributed by atoms with Crippen LogP contribution in [0.25, 0.3) is 11.4 Å². The number of nitrogens with zero attached hydrogens (tertiary/aromatic N) is 3. The summed E-state index contributed by atoms with van der Waals surface area (Å²) in [5.41, 5.74) is 2.90. The van der Waals surface area contributed by atoms with Crippen molar-refractivity contribution in [3.8, 4) is 11.4 Å². The molecular formula is C19H19ClN4O3S. The molecule has 0 bridgehead atoms. The quantitative estimate of drug-likeness (QED) is 0.371. The van der Waals surface area contributed by atoms with Gasteiger partial charge in [-0.05, 0) is 43.7 Å². The van der Waals surface area contributed by atoms with E-state index in [-0.39, 0.29) is 11.5 Å². The average molecular weight is 419 g/mol. The Labute approximate surface area is 171 Å². The third kappa shape index (κ3) is 3.83. The van der Waals surface area contributed by atoms with Crippen molar-refractivity contribution in [2.45, 2.75) is 19.0 Å². The first-order valence-electron chi connectivity index (χ1n) is 8.42. The summed E-state index contributed by atoms with van der Waals surface area (Å²) in [5.74, 6) is 0.260. The van der Waals surface area contributed by atoms with E-state index in [0.29, 0.717) is 38.5 Å². The summed E-state index contributed by atoms with van der Waals surface area (Å²) in [6, 6.07) is 7.31. The molecular weight excluding hydrogens is 400 g/mol. The Balaban J connectivity index is 1.76. The number of methoxy groups -OCH3 is 1. The lowest BCUT2D eigenvalue weighted by Gasteiger charge is -2.04. The summed E-state index contributed by atoms with van der Waals surface area (Å²) in [5, 5.41) is 9.64. The van der Waals surface area contributed by atoms with Crippen LogP contribution in [0.2, 0.25) is 5.02 Å². The number of esters is 1. The van der Waals surface area contributed by atoms with E-state index in [4.69, 9.17) is 16.3 Å². The van der Waals surface area contributed by atoms with Crippen LogP contribution in [0, 0.1) is 13.8 Å². The van der Waals surface area contributed by atoms with Gasteiger partial charge >= 0.3 is 5.97 Å². The lowest BCUT2D eigenvalue weighted by atomic mass is 10.1. The number of Topliss-reactive ketones (excluding diaryl/α,β-unsaturated/α-hetero) is 1. The second-order valence-electron chi connectivity index (χ2n) is 6.20. The van der Waals surface area contributed by atoms with Crippen LogP contribution in [0.4, 0.5) is 0 Å². The second kappa shape index (κ2) is 8.20. The highest BCUT2D eigenvalue weighted by Crippen LogP contribution is 2.25. The van der Waals surface area contributed by atoms with Crippen LogP contribution in [0.15, 0.2) is 29.4 Å². The molecule has 2 heterocycles. The molecule has 0 aliphatic rings. The maximum absolute atomic E-state index is 12.7. The molecule has 0 fully saturated rings. The summed E-state index contributed by atoms with van der Waals surface area (Å²) < 4.78 is 6.61. The molecule has 3 rings (SSSR count). The summed E-state index contributed by atoms with van der Waals surface area (Å²) in [6.07, 6.45) is 0. The van der Waals surface area contributed by atoms with Crippen LogP contribution in [0.3, 0.4) is 0 Å². The first kappa shape index (κ1) is 20.2. The Kier molecular flexibility index (Phi) is 5.90. The number of ketones is 1. The maximum atomic E-state index is 12.7. The predicted octanol–water partition coefficient (Wildman–Crippen LogP) is 3.84. The normalized spacial score (nSPS) is 10.9. The minimum atomic E-state index is -0.459. The maximum Gasteiger partial charge on any atom is 0.339 e. The fraction of sp³-hybridized carbons (Fsp3) is 0.263. The smallest absolute Gasteiger partial charge is 0.339 e. The topological polar surface area (TPSA) is 89.9 Å². The fourth-order valence-electron chi connectivity index (χ4n) is 2.93. The average Bonchev–Trinajstić information content (AvgIpc) is 3.19. The molecule has 0 unspecified atom stereocenters. The van der Waals surface area contributed by atoms with E-state index < -0.39 is 5.97 Å². The van der Waals surface area contributed by atoms with Gasteiger partial charge in [-0.25, -0.2) is 4.79 Å². The van der Waals surface area contributed by atoms with E-state index in [0.717, 1.165) is 5.56 Å². The van der Waals surface area contributed by atoms with E-state index >= 15 is 0 Å². The van der Waals surface area contributed by atoms with Crippen LogP contribution in [0.1, 0.15) is 32.1 Å². The van der Waals surface area contributed by atoms with Crippen molar-refractivity contribution in [3.63, 3.8) is 0 Å². The number of rotatable bonds is 6. The molecule has 0 atom stereocenters. The lowest BCUT2D eigenvalue weighted by molar-refractivity contribution is 0.0599. The largest absolute Gasteiger partial charge is 0.465 e. The van der Waals surface area contributed by atoms with Crippen LogP contribution < -0.4 is 0 Å².